The van der Waals surface area contributed by atoms with E-state index in [1.807, 2.05) is 24.3 Å². The van der Waals surface area contributed by atoms with Crippen LogP contribution in [0.2, 0.25) is 0 Å². The van der Waals surface area contributed by atoms with Crippen LogP contribution < -0.4 is 4.74 Å². The van der Waals surface area contributed by atoms with E-state index in [2.05, 4.69) is 49.6 Å². The van der Waals surface area contributed by atoms with Gasteiger partial charge in [-0.3, -0.25) is 0 Å². The summed E-state index contributed by atoms with van der Waals surface area (Å²) in [5, 5.41) is 0. The van der Waals surface area contributed by atoms with E-state index in [-0.39, 0.29) is 6.10 Å². The minimum Gasteiger partial charge on any atom is -0.497 e. The van der Waals surface area contributed by atoms with Crippen molar-refractivity contribution in [3.63, 3.8) is 0 Å². The number of allylic oxidation sites excluding steroid dienone is 3. The molecule has 28 heavy (non-hydrogen) atoms. The first-order valence-electron chi connectivity index (χ1n) is 10.1. The molecule has 2 aromatic carbocycles. The first kappa shape index (κ1) is 20.0. The molecule has 2 aromatic rings. The van der Waals surface area contributed by atoms with Crippen LogP contribution in [0.1, 0.15) is 54.9 Å². The zero-order chi connectivity index (χ0) is 19.8. The molecule has 1 heterocycles. The Balaban J connectivity index is 2.04. The van der Waals surface area contributed by atoms with Gasteiger partial charge in [0.05, 0.1) is 7.11 Å². The predicted octanol–water partition coefficient (Wildman–Crippen LogP) is 7.04. The van der Waals surface area contributed by atoms with Gasteiger partial charge in [-0.05, 0) is 54.5 Å². The van der Waals surface area contributed by atoms with E-state index >= 15 is 0 Å². The lowest BCUT2D eigenvalue weighted by Crippen LogP contribution is -2.07. The quantitative estimate of drug-likeness (QED) is 0.505. The van der Waals surface area contributed by atoms with Crippen molar-refractivity contribution < 1.29 is 9.47 Å². The van der Waals surface area contributed by atoms with E-state index < -0.39 is 0 Å². The predicted molar refractivity (Wildman–Crippen MR) is 117 cm³/mol. The third kappa shape index (κ3) is 4.75. The molecule has 1 aliphatic heterocycles. The average Bonchev–Trinajstić information content (AvgIpc) is 2.82. The molecule has 1 atom stereocenters. The van der Waals surface area contributed by atoms with E-state index in [4.69, 9.17) is 9.47 Å². The van der Waals surface area contributed by atoms with Gasteiger partial charge in [0.15, 0.2) is 0 Å². The summed E-state index contributed by atoms with van der Waals surface area (Å²) in [6.45, 7) is 7.94. The molecule has 0 bridgehead atoms. The van der Waals surface area contributed by atoms with Crippen LogP contribution in [0, 0.1) is 0 Å². The zero-order valence-corrected chi connectivity index (χ0v) is 16.8. The standard InChI is InChI=1S/C26H30O2/c1-4-10-23(21-16-18-22(27-3)19-17-21)26-15-9-7-13-20-12-6-8-14-24(20)25(28-26)11-5-2/h4-6,8,12,14,16-19,25H,1-2,7,9-11,13,15H2,3H3/b26-23-. The van der Waals surface area contributed by atoms with Gasteiger partial charge in [0.25, 0.3) is 0 Å². The van der Waals surface area contributed by atoms with E-state index in [9.17, 15) is 0 Å². The molecular formula is C26H30O2. The Morgan fingerprint density at radius 1 is 1.04 bits per heavy atom. The Morgan fingerprint density at radius 3 is 2.50 bits per heavy atom. The summed E-state index contributed by atoms with van der Waals surface area (Å²) in [7, 11) is 1.69. The largest absolute Gasteiger partial charge is 0.497 e. The molecule has 0 saturated heterocycles. The minimum absolute atomic E-state index is 0.000126. The number of hydrogen-bond donors (Lipinski definition) is 0. The molecule has 0 aliphatic carbocycles. The van der Waals surface area contributed by atoms with Crippen LogP contribution in [0.25, 0.3) is 5.57 Å². The van der Waals surface area contributed by atoms with Gasteiger partial charge in [0.1, 0.15) is 17.6 Å². The van der Waals surface area contributed by atoms with Crippen molar-refractivity contribution in [1.82, 2.24) is 0 Å². The van der Waals surface area contributed by atoms with Gasteiger partial charge in [-0.25, -0.2) is 0 Å². The summed E-state index contributed by atoms with van der Waals surface area (Å²) in [6, 6.07) is 16.9. The third-order valence-electron chi connectivity index (χ3n) is 5.29. The van der Waals surface area contributed by atoms with Gasteiger partial charge >= 0.3 is 0 Å². The fourth-order valence-electron chi connectivity index (χ4n) is 3.85. The highest BCUT2D eigenvalue weighted by atomic mass is 16.5. The highest BCUT2D eigenvalue weighted by Crippen LogP contribution is 2.36. The molecule has 0 N–H and O–H groups in total. The lowest BCUT2D eigenvalue weighted by atomic mass is 9.96. The number of aryl methyl sites for hydroxylation is 1. The molecular weight excluding hydrogens is 344 g/mol. The van der Waals surface area contributed by atoms with Crippen LogP contribution in [0.3, 0.4) is 0 Å². The second kappa shape index (κ2) is 9.98. The van der Waals surface area contributed by atoms with Crippen molar-refractivity contribution in [2.45, 2.75) is 44.6 Å². The minimum atomic E-state index is -0.000126. The van der Waals surface area contributed by atoms with Crippen molar-refractivity contribution in [3.05, 3.63) is 96.3 Å². The Labute approximate surface area is 169 Å². The highest BCUT2D eigenvalue weighted by Gasteiger charge is 2.21. The van der Waals surface area contributed by atoms with E-state index in [0.717, 1.165) is 50.0 Å². The second-order valence-corrected chi connectivity index (χ2v) is 7.16. The average molecular weight is 375 g/mol. The summed E-state index contributed by atoms with van der Waals surface area (Å²) < 4.78 is 12.0. The maximum absolute atomic E-state index is 6.69. The SMILES string of the molecule is C=CC/C(=C1\CCCCc2ccccc2C(CC=C)O1)c1ccc(OC)cc1. The highest BCUT2D eigenvalue weighted by molar-refractivity contribution is 5.69. The smallest absolute Gasteiger partial charge is 0.127 e. The molecule has 1 unspecified atom stereocenters. The van der Waals surface area contributed by atoms with Crippen molar-refractivity contribution in [2.75, 3.05) is 7.11 Å². The van der Waals surface area contributed by atoms with Gasteiger partial charge < -0.3 is 9.47 Å². The summed E-state index contributed by atoms with van der Waals surface area (Å²) in [4.78, 5) is 0. The molecule has 2 heteroatoms. The monoisotopic (exact) mass is 374 g/mol. The third-order valence-corrected chi connectivity index (χ3v) is 5.29. The van der Waals surface area contributed by atoms with Crippen LogP contribution in [-0.4, -0.2) is 7.11 Å². The number of benzene rings is 2. The van der Waals surface area contributed by atoms with Crippen LogP contribution >= 0.6 is 0 Å². The van der Waals surface area contributed by atoms with Crippen molar-refractivity contribution >= 4 is 5.57 Å². The lowest BCUT2D eigenvalue weighted by Gasteiger charge is -2.24. The molecule has 146 valence electrons. The summed E-state index contributed by atoms with van der Waals surface area (Å²) >= 11 is 0. The molecule has 2 nitrogen and oxygen atoms in total. The Kier molecular flexibility index (Phi) is 7.13. The number of fused-ring (bicyclic) bond motifs is 1. The molecule has 0 fully saturated rings. The Morgan fingerprint density at radius 2 is 1.79 bits per heavy atom. The van der Waals surface area contributed by atoms with Gasteiger partial charge in [0, 0.05) is 18.4 Å². The van der Waals surface area contributed by atoms with E-state index in [0.29, 0.717) is 0 Å². The van der Waals surface area contributed by atoms with Gasteiger partial charge in [-0.15, -0.1) is 13.2 Å². The molecule has 0 spiro atoms. The lowest BCUT2D eigenvalue weighted by molar-refractivity contribution is 0.113. The zero-order valence-electron chi connectivity index (χ0n) is 16.8. The van der Waals surface area contributed by atoms with Gasteiger partial charge in [-0.1, -0.05) is 48.6 Å². The summed E-state index contributed by atoms with van der Waals surface area (Å²) in [6.07, 6.45) is 9.80. The van der Waals surface area contributed by atoms with Crippen LogP contribution in [0.15, 0.2) is 79.6 Å². The van der Waals surface area contributed by atoms with Crippen LogP contribution in [0.5, 0.6) is 5.75 Å². The maximum atomic E-state index is 6.69. The summed E-state index contributed by atoms with van der Waals surface area (Å²) in [5.41, 5.74) is 5.06. The Hall–Kier alpha value is -2.74. The summed E-state index contributed by atoms with van der Waals surface area (Å²) in [5.74, 6) is 1.94. The first-order chi connectivity index (χ1) is 13.8. The topological polar surface area (TPSA) is 18.5 Å². The fraction of sp³-hybridized carbons (Fsp3) is 0.308. The molecule has 3 rings (SSSR count). The fourth-order valence-corrected chi connectivity index (χ4v) is 3.85. The first-order valence-corrected chi connectivity index (χ1v) is 10.1. The number of rotatable bonds is 6. The Bertz CT molecular complexity index is 830. The van der Waals surface area contributed by atoms with Crippen LogP contribution in [-0.2, 0) is 11.2 Å². The number of hydrogen-bond acceptors (Lipinski definition) is 2. The van der Waals surface area contributed by atoms with Crippen molar-refractivity contribution in [3.8, 4) is 5.75 Å². The number of methoxy groups -OCH3 is 1. The maximum Gasteiger partial charge on any atom is 0.127 e. The van der Waals surface area contributed by atoms with Crippen LogP contribution in [0.4, 0.5) is 0 Å². The molecule has 0 amide bonds. The van der Waals surface area contributed by atoms with Gasteiger partial charge in [0.2, 0.25) is 0 Å². The molecule has 0 saturated carbocycles. The van der Waals surface area contributed by atoms with E-state index in [1.165, 1.54) is 22.3 Å². The van der Waals surface area contributed by atoms with E-state index in [1.54, 1.807) is 7.11 Å². The van der Waals surface area contributed by atoms with Gasteiger partial charge in [-0.2, -0.15) is 0 Å². The molecule has 0 radical (unpaired) electrons. The van der Waals surface area contributed by atoms with Crippen molar-refractivity contribution in [1.29, 1.82) is 0 Å². The number of ether oxygens (including phenoxy) is 2. The molecule has 0 aromatic heterocycles. The van der Waals surface area contributed by atoms with Crippen molar-refractivity contribution in [2.24, 2.45) is 0 Å². The molecule has 1 aliphatic rings. The normalized spacial score (nSPS) is 18.5. The second-order valence-electron chi connectivity index (χ2n) is 7.16.